The van der Waals surface area contributed by atoms with Crippen molar-refractivity contribution in [2.45, 2.75) is 25.7 Å². The summed E-state index contributed by atoms with van der Waals surface area (Å²) < 4.78 is 0. The Morgan fingerprint density at radius 2 is 2.29 bits per heavy atom. The Balaban J connectivity index is 2.27. The molecular weight excluding hydrogens is 238 g/mol. The number of aromatic nitrogens is 1. The molecule has 3 N–H and O–H groups in total. The van der Waals surface area contributed by atoms with E-state index in [-0.39, 0.29) is 12.5 Å². The van der Waals surface area contributed by atoms with Gasteiger partial charge in [0, 0.05) is 25.6 Å². The van der Waals surface area contributed by atoms with Gasteiger partial charge in [0.1, 0.15) is 0 Å². The Hall–Kier alpha value is -1.14. The molecule has 0 aliphatic rings. The Morgan fingerprint density at radius 3 is 2.88 bits per heavy atom. The number of hydrogen-bond acceptors (Lipinski definition) is 5. The quantitative estimate of drug-likeness (QED) is 0.711. The van der Waals surface area contributed by atoms with Crippen LogP contribution in [0.1, 0.15) is 25.0 Å². The van der Waals surface area contributed by atoms with Crippen molar-refractivity contribution in [2.24, 2.45) is 0 Å². The number of anilines is 1. The number of likely N-dealkylation sites (N-methyl/N-ethyl adjacent to an activating group) is 1. The third kappa shape index (κ3) is 5.14. The molecule has 96 valence electrons. The molecule has 1 aromatic heterocycles. The summed E-state index contributed by atoms with van der Waals surface area (Å²) in [7, 11) is 1.79. The van der Waals surface area contributed by atoms with Crippen LogP contribution >= 0.6 is 11.3 Å². The highest BCUT2D eigenvalue weighted by atomic mass is 32.1. The van der Waals surface area contributed by atoms with Crippen LogP contribution in [0.15, 0.2) is 5.38 Å². The normalized spacial score (nSPS) is 10.5. The second-order valence-corrected chi connectivity index (χ2v) is 4.84. The minimum atomic E-state index is 0.0549. The van der Waals surface area contributed by atoms with Gasteiger partial charge in [-0.1, -0.05) is 0 Å². The van der Waals surface area contributed by atoms with E-state index in [9.17, 15) is 4.79 Å². The summed E-state index contributed by atoms with van der Waals surface area (Å²) in [5, 5.41) is 10.9. The van der Waals surface area contributed by atoms with E-state index in [4.69, 9.17) is 10.8 Å². The van der Waals surface area contributed by atoms with Crippen LogP contribution in [-0.2, 0) is 11.2 Å². The van der Waals surface area contributed by atoms with Gasteiger partial charge in [-0.25, -0.2) is 4.98 Å². The molecule has 0 unspecified atom stereocenters. The number of amides is 1. The first kappa shape index (κ1) is 13.9. The lowest BCUT2D eigenvalue weighted by Crippen LogP contribution is -2.29. The van der Waals surface area contributed by atoms with Gasteiger partial charge in [-0.3, -0.25) is 4.79 Å². The average Bonchev–Trinajstić information content (AvgIpc) is 2.70. The number of carbonyl (C=O) groups is 1. The van der Waals surface area contributed by atoms with Gasteiger partial charge in [0.05, 0.1) is 12.1 Å². The maximum Gasteiger partial charge on any atom is 0.228 e. The van der Waals surface area contributed by atoms with Crippen LogP contribution in [0.3, 0.4) is 0 Å². The molecule has 0 aliphatic carbocycles. The third-order valence-electron chi connectivity index (χ3n) is 2.48. The lowest BCUT2D eigenvalue weighted by atomic mass is 10.2. The van der Waals surface area contributed by atoms with Gasteiger partial charge in [-0.2, -0.15) is 0 Å². The standard InChI is InChI=1S/C11H19N3O2S/c1-14(5-3-2-4-6-15)10(16)7-9-8-17-11(12)13-9/h8,15H,2-7H2,1H3,(H2,12,13). The molecule has 0 aliphatic heterocycles. The number of unbranched alkanes of at least 4 members (excludes halogenated alkanes) is 2. The van der Waals surface area contributed by atoms with Crippen LogP contribution in [0.25, 0.3) is 0 Å². The fourth-order valence-electron chi connectivity index (χ4n) is 1.46. The van der Waals surface area contributed by atoms with E-state index < -0.39 is 0 Å². The van der Waals surface area contributed by atoms with Crippen LogP contribution in [0.2, 0.25) is 0 Å². The van der Waals surface area contributed by atoms with Gasteiger partial charge < -0.3 is 15.7 Å². The lowest BCUT2D eigenvalue weighted by molar-refractivity contribution is -0.129. The topological polar surface area (TPSA) is 79.5 Å². The molecule has 0 saturated carbocycles. The second-order valence-electron chi connectivity index (χ2n) is 3.95. The van der Waals surface area contributed by atoms with Gasteiger partial charge in [0.25, 0.3) is 0 Å². The molecular formula is C11H19N3O2S. The van der Waals surface area contributed by atoms with Crippen molar-refractivity contribution in [3.8, 4) is 0 Å². The maximum absolute atomic E-state index is 11.8. The molecule has 1 heterocycles. The van der Waals surface area contributed by atoms with Gasteiger partial charge in [-0.05, 0) is 19.3 Å². The predicted octanol–water partition coefficient (Wildman–Crippen LogP) is 0.889. The molecule has 1 aromatic rings. The highest BCUT2D eigenvalue weighted by Crippen LogP contribution is 2.12. The van der Waals surface area contributed by atoms with E-state index in [1.165, 1.54) is 11.3 Å². The van der Waals surface area contributed by atoms with E-state index in [1.54, 1.807) is 11.9 Å². The van der Waals surface area contributed by atoms with Crippen molar-refractivity contribution in [1.29, 1.82) is 0 Å². The number of nitrogens with two attached hydrogens (primary N) is 1. The molecule has 1 rings (SSSR count). The fourth-order valence-corrected chi connectivity index (χ4v) is 2.02. The zero-order valence-corrected chi connectivity index (χ0v) is 10.9. The third-order valence-corrected chi connectivity index (χ3v) is 3.20. The van der Waals surface area contributed by atoms with Gasteiger partial charge in [0.15, 0.2) is 5.13 Å². The molecule has 0 radical (unpaired) electrons. The number of nitrogens with zero attached hydrogens (tertiary/aromatic N) is 2. The van der Waals surface area contributed by atoms with Crippen molar-refractivity contribution < 1.29 is 9.90 Å². The molecule has 5 nitrogen and oxygen atoms in total. The van der Waals surface area contributed by atoms with Crippen LogP contribution in [-0.4, -0.2) is 41.1 Å². The number of hydrogen-bond donors (Lipinski definition) is 2. The van der Waals surface area contributed by atoms with Crippen LogP contribution in [0.5, 0.6) is 0 Å². The minimum Gasteiger partial charge on any atom is -0.396 e. The average molecular weight is 257 g/mol. The number of carbonyl (C=O) groups excluding carboxylic acids is 1. The number of aliphatic hydroxyl groups is 1. The zero-order valence-electron chi connectivity index (χ0n) is 10.1. The molecule has 0 saturated heterocycles. The number of nitrogen functional groups attached to an aromatic ring is 1. The Kier molecular flexibility index (Phi) is 5.93. The van der Waals surface area contributed by atoms with Crippen LogP contribution in [0, 0.1) is 0 Å². The zero-order chi connectivity index (χ0) is 12.7. The van der Waals surface area contributed by atoms with E-state index in [0.717, 1.165) is 31.5 Å². The van der Waals surface area contributed by atoms with E-state index >= 15 is 0 Å². The van der Waals surface area contributed by atoms with E-state index in [2.05, 4.69) is 4.98 Å². The van der Waals surface area contributed by atoms with Crippen molar-refractivity contribution in [3.05, 3.63) is 11.1 Å². The Labute approximate surface area is 105 Å². The summed E-state index contributed by atoms with van der Waals surface area (Å²) in [4.78, 5) is 17.5. The highest BCUT2D eigenvalue weighted by Gasteiger charge is 2.11. The molecule has 0 spiro atoms. The molecule has 0 fully saturated rings. The smallest absolute Gasteiger partial charge is 0.228 e. The van der Waals surface area contributed by atoms with Gasteiger partial charge in [0.2, 0.25) is 5.91 Å². The van der Waals surface area contributed by atoms with E-state index in [1.807, 2.05) is 5.38 Å². The summed E-state index contributed by atoms with van der Waals surface area (Å²) in [5.41, 5.74) is 6.24. The summed E-state index contributed by atoms with van der Waals surface area (Å²) >= 11 is 1.35. The monoisotopic (exact) mass is 257 g/mol. The van der Waals surface area contributed by atoms with Crippen molar-refractivity contribution in [2.75, 3.05) is 25.9 Å². The number of aliphatic hydroxyl groups excluding tert-OH is 1. The lowest BCUT2D eigenvalue weighted by Gasteiger charge is -2.16. The van der Waals surface area contributed by atoms with Gasteiger partial charge in [-0.15, -0.1) is 11.3 Å². The van der Waals surface area contributed by atoms with Crippen molar-refractivity contribution in [1.82, 2.24) is 9.88 Å². The number of rotatable bonds is 7. The Morgan fingerprint density at radius 1 is 1.53 bits per heavy atom. The first-order chi connectivity index (χ1) is 8.13. The molecule has 0 bridgehead atoms. The SMILES string of the molecule is CN(CCCCCO)C(=O)Cc1csc(N)n1. The van der Waals surface area contributed by atoms with Crippen molar-refractivity contribution >= 4 is 22.4 Å². The summed E-state index contributed by atoms with van der Waals surface area (Å²) in [6.07, 6.45) is 2.97. The number of thiazole rings is 1. The first-order valence-electron chi connectivity index (χ1n) is 5.68. The predicted molar refractivity (Wildman–Crippen MR) is 68.8 cm³/mol. The molecule has 0 atom stereocenters. The minimum absolute atomic E-state index is 0.0549. The summed E-state index contributed by atoms with van der Waals surface area (Å²) in [5.74, 6) is 0.0549. The molecule has 6 heteroatoms. The first-order valence-corrected chi connectivity index (χ1v) is 6.56. The van der Waals surface area contributed by atoms with E-state index in [0.29, 0.717) is 11.6 Å². The molecule has 1 amide bonds. The van der Waals surface area contributed by atoms with Crippen LogP contribution in [0.4, 0.5) is 5.13 Å². The Bertz CT molecular complexity index is 354. The van der Waals surface area contributed by atoms with Crippen molar-refractivity contribution in [3.63, 3.8) is 0 Å². The second kappa shape index (κ2) is 7.24. The summed E-state index contributed by atoms with van der Waals surface area (Å²) in [6, 6.07) is 0. The fraction of sp³-hybridized carbons (Fsp3) is 0.636. The molecule has 17 heavy (non-hydrogen) atoms. The van der Waals surface area contributed by atoms with Crippen LogP contribution < -0.4 is 5.73 Å². The highest BCUT2D eigenvalue weighted by molar-refractivity contribution is 7.13. The van der Waals surface area contributed by atoms with Gasteiger partial charge >= 0.3 is 0 Å². The largest absolute Gasteiger partial charge is 0.396 e. The maximum atomic E-state index is 11.8. The summed E-state index contributed by atoms with van der Waals surface area (Å²) in [6.45, 7) is 0.939. The molecule has 0 aromatic carbocycles.